The van der Waals surface area contributed by atoms with Gasteiger partial charge in [0.2, 0.25) is 0 Å². The number of rotatable bonds is 0. The van der Waals surface area contributed by atoms with Crippen LogP contribution in [0, 0.1) is 0 Å². The molecule has 0 aromatic heterocycles. The van der Waals surface area contributed by atoms with Gasteiger partial charge in [-0.3, -0.25) is 0 Å². The van der Waals surface area contributed by atoms with E-state index < -0.39 is 0 Å². The zero-order valence-corrected chi connectivity index (χ0v) is 20.3. The summed E-state index contributed by atoms with van der Waals surface area (Å²) in [7, 11) is 1.14. The molecule has 4 heteroatoms. The van der Waals surface area contributed by atoms with Crippen molar-refractivity contribution in [1.29, 1.82) is 0 Å². The van der Waals surface area contributed by atoms with E-state index in [4.69, 9.17) is 0 Å². The average molecular weight is 437 g/mol. The maximum absolute atomic E-state index is 2.27. The number of hydrogen-bond donors (Lipinski definition) is 0. The van der Waals surface area contributed by atoms with Crippen LogP contribution in [0.4, 0.5) is 0 Å². The molecule has 0 aliphatic heterocycles. The second kappa shape index (κ2) is 26.3. The molecule has 0 bridgehead atoms. The van der Waals surface area contributed by atoms with Gasteiger partial charge in [0.05, 0.1) is 0 Å². The third-order valence-corrected chi connectivity index (χ3v) is 1.33. The van der Waals surface area contributed by atoms with Crippen LogP contribution in [0.5, 0.6) is 0 Å². The van der Waals surface area contributed by atoms with Gasteiger partial charge in [0.25, 0.3) is 0 Å². The van der Waals surface area contributed by atoms with Crippen molar-refractivity contribution in [3.63, 3.8) is 0 Å². The number of hydrogen-bond acceptors (Lipinski definition) is 0. The Morgan fingerprint density at radius 3 is 0.619 bits per heavy atom. The molecule has 0 heterocycles. The molecule has 0 unspecified atom stereocenters. The fourth-order valence-electron chi connectivity index (χ4n) is 0.856. The van der Waals surface area contributed by atoms with Gasteiger partial charge in [0.15, 0.2) is 0 Å². The van der Waals surface area contributed by atoms with Gasteiger partial charge in [-0.2, -0.15) is 0 Å². The van der Waals surface area contributed by atoms with Gasteiger partial charge in [0, 0.05) is 19.5 Å². The van der Waals surface area contributed by atoms with E-state index in [0.29, 0.717) is 23.8 Å². The van der Waals surface area contributed by atoms with Crippen LogP contribution in [0.25, 0.3) is 0 Å². The molecule has 1 aliphatic carbocycles. The molecule has 0 aromatic rings. The predicted octanol–water partition coefficient (Wildman–Crippen LogP) is 6.74. The van der Waals surface area contributed by atoms with Gasteiger partial charge in [-0.25, -0.2) is 0 Å². The Bertz CT molecular complexity index is 164. The molecule has 0 spiro atoms. The fourth-order valence-corrected chi connectivity index (χ4v) is 0.856. The monoisotopic (exact) mass is 438 g/mol. The zero-order chi connectivity index (χ0) is 16.4. The summed E-state index contributed by atoms with van der Waals surface area (Å²) in [5, 5.41) is 0. The van der Waals surface area contributed by atoms with Gasteiger partial charge in [-0.15, -0.1) is 23.8 Å². The third kappa shape index (κ3) is 91.2. The molecule has 21 heavy (non-hydrogen) atoms. The predicted molar refractivity (Wildman–Crippen MR) is 111 cm³/mol. The molecule has 1 aliphatic rings. The summed E-state index contributed by atoms with van der Waals surface area (Å²) < 4.78 is 0. The molecule has 1 rings (SSSR count). The first-order chi connectivity index (χ1) is 9.20. The van der Waals surface area contributed by atoms with Crippen molar-refractivity contribution in [3.8, 4) is 0 Å². The molecular weight excluding hydrogens is 398 g/mol. The summed E-state index contributed by atoms with van der Waals surface area (Å²) in [6, 6.07) is 0. The first-order valence-corrected chi connectivity index (χ1v) is 15.4. The molecule has 0 saturated carbocycles. The van der Waals surface area contributed by atoms with Crippen LogP contribution >= 0.6 is 23.8 Å². The van der Waals surface area contributed by atoms with Crippen LogP contribution in [0.1, 0.15) is 25.7 Å². The zero-order valence-electron chi connectivity index (χ0n) is 15.8. The quantitative estimate of drug-likeness (QED) is 0.224. The normalized spacial score (nSPS) is 12.8. The van der Waals surface area contributed by atoms with Crippen molar-refractivity contribution in [2.24, 2.45) is 0 Å². The topological polar surface area (TPSA) is 0 Å². The second-order valence-corrected chi connectivity index (χ2v) is 14.2. The summed E-state index contributed by atoms with van der Waals surface area (Å²) >= 11 is 0. The summed E-state index contributed by atoms with van der Waals surface area (Å²) in [6.45, 7) is 20.1. The summed E-state index contributed by atoms with van der Waals surface area (Å²) in [6.07, 6.45) is 14.0. The molecule has 130 valence electrons. The summed E-state index contributed by atoms with van der Waals surface area (Å²) in [5.41, 5.74) is 0. The van der Waals surface area contributed by atoms with Crippen molar-refractivity contribution in [2.75, 3.05) is 60.0 Å². The Balaban J connectivity index is -0.0000000973. The molecule has 0 atom stereocenters. The van der Waals surface area contributed by atoms with E-state index in [0.717, 1.165) is 0 Å². The molecule has 0 nitrogen and oxygen atoms in total. The van der Waals surface area contributed by atoms with Crippen LogP contribution in [0.2, 0.25) is 0 Å². The van der Waals surface area contributed by atoms with Crippen LogP contribution in [-0.2, 0) is 19.5 Å². The first kappa shape index (κ1) is 30.3. The van der Waals surface area contributed by atoms with Gasteiger partial charge in [-0.1, -0.05) is 24.3 Å². The summed E-state index contributed by atoms with van der Waals surface area (Å²) in [4.78, 5) is 0. The second-order valence-electron chi connectivity index (χ2n) is 6.12. The van der Waals surface area contributed by atoms with Crippen molar-refractivity contribution < 1.29 is 19.5 Å². The van der Waals surface area contributed by atoms with E-state index in [9.17, 15) is 0 Å². The minimum Gasteiger partial charge on any atom is -0.116 e. The van der Waals surface area contributed by atoms with Crippen LogP contribution in [-0.4, -0.2) is 60.0 Å². The Kier molecular flexibility index (Phi) is 37.9. The Morgan fingerprint density at radius 1 is 0.429 bits per heavy atom. The van der Waals surface area contributed by atoms with E-state index in [2.05, 4.69) is 84.3 Å². The van der Waals surface area contributed by atoms with Crippen molar-refractivity contribution in [1.82, 2.24) is 0 Å². The number of allylic oxidation sites excluding steroid dienone is 4. The van der Waals surface area contributed by atoms with Crippen molar-refractivity contribution in [3.05, 3.63) is 24.3 Å². The Morgan fingerprint density at radius 2 is 0.524 bits per heavy atom. The van der Waals surface area contributed by atoms with Crippen LogP contribution < -0.4 is 0 Å². The van der Waals surface area contributed by atoms with Gasteiger partial charge in [-0.05, 0) is 85.7 Å². The largest absolute Gasteiger partial charge is 0.116 e. The summed E-state index contributed by atoms with van der Waals surface area (Å²) in [5.74, 6) is 0. The Hall–Kier alpha value is 1.39. The van der Waals surface area contributed by atoms with Gasteiger partial charge in [0.1, 0.15) is 0 Å². The van der Waals surface area contributed by atoms with Crippen molar-refractivity contribution in [2.45, 2.75) is 25.7 Å². The smallest absolute Gasteiger partial charge is 0 e. The first-order valence-electron chi connectivity index (χ1n) is 7.32. The van der Waals surface area contributed by atoms with E-state index in [1.165, 1.54) is 25.7 Å². The van der Waals surface area contributed by atoms with Crippen LogP contribution in [0.3, 0.4) is 0 Å². The van der Waals surface area contributed by atoms with Crippen LogP contribution in [0.15, 0.2) is 24.3 Å². The average Bonchev–Trinajstić information content (AvgIpc) is 2.12. The molecule has 0 N–H and O–H groups in total. The van der Waals surface area contributed by atoms with Crippen molar-refractivity contribution >= 4 is 23.8 Å². The van der Waals surface area contributed by atoms with E-state index in [1.54, 1.807) is 0 Å². The van der Waals surface area contributed by atoms with E-state index in [-0.39, 0.29) is 19.5 Å². The molecule has 0 amide bonds. The third-order valence-electron chi connectivity index (χ3n) is 1.33. The van der Waals surface area contributed by atoms with Gasteiger partial charge >= 0.3 is 0 Å². The molecule has 0 fully saturated rings. The Labute approximate surface area is 153 Å². The molecule has 0 radical (unpaired) electrons. The van der Waals surface area contributed by atoms with E-state index in [1.807, 2.05) is 0 Å². The SMILES string of the molecule is C1=CCCC=CCC1.CP(C)C.CP(C)C.CP(C)C.[Ru]. The molecule has 0 saturated heterocycles. The molecule has 0 aromatic carbocycles. The minimum atomic E-state index is 0. The minimum absolute atomic E-state index is 0. The van der Waals surface area contributed by atoms with Gasteiger partial charge < -0.3 is 0 Å². The fraction of sp³-hybridized carbons (Fsp3) is 0.765. The molecular formula is C17H39P3Ru. The standard InChI is InChI=1S/C8H12.3C3H9P.Ru/c1-2-4-6-8-7-5-3-1;3*1-4(2)3;/h1-2,7-8H,3-6H2;3*1-3H3;. The maximum atomic E-state index is 2.27. The maximum Gasteiger partial charge on any atom is 0 e. The van der Waals surface area contributed by atoms with E-state index >= 15 is 0 Å².